The number of hydrogen-bond acceptors (Lipinski definition) is 7. The van der Waals surface area contributed by atoms with E-state index in [0.717, 1.165) is 0 Å². The molecule has 0 amide bonds. The van der Waals surface area contributed by atoms with Crippen molar-refractivity contribution < 1.29 is 9.47 Å². The van der Waals surface area contributed by atoms with E-state index in [1.807, 2.05) is 20.8 Å². The van der Waals surface area contributed by atoms with Gasteiger partial charge in [0.25, 0.3) is 0 Å². The van der Waals surface area contributed by atoms with Crippen LogP contribution in [0.5, 0.6) is 12.0 Å². The van der Waals surface area contributed by atoms with Crippen molar-refractivity contribution in [2.75, 3.05) is 5.43 Å². The molecular weight excluding hydrogens is 234 g/mol. The van der Waals surface area contributed by atoms with Gasteiger partial charge in [0.15, 0.2) is 0 Å². The summed E-state index contributed by atoms with van der Waals surface area (Å²) in [7, 11) is 0. The molecule has 1 aromatic rings. The van der Waals surface area contributed by atoms with Crippen molar-refractivity contribution in [1.82, 2.24) is 15.0 Å². The van der Waals surface area contributed by atoms with E-state index in [2.05, 4.69) is 34.2 Å². The molecular formula is C11H21N5O2. The summed E-state index contributed by atoms with van der Waals surface area (Å²) in [6, 6.07) is 0.397. The molecule has 3 N–H and O–H groups in total. The van der Waals surface area contributed by atoms with Crippen LogP contribution in [0, 0.1) is 5.92 Å². The van der Waals surface area contributed by atoms with Crippen molar-refractivity contribution in [2.45, 2.75) is 46.8 Å². The van der Waals surface area contributed by atoms with Gasteiger partial charge in [0, 0.05) is 0 Å². The summed E-state index contributed by atoms with van der Waals surface area (Å²) in [5.41, 5.74) is 2.36. The van der Waals surface area contributed by atoms with Crippen molar-refractivity contribution in [3.05, 3.63) is 0 Å². The number of nitrogens with zero attached hydrogens (tertiary/aromatic N) is 3. The molecule has 1 unspecified atom stereocenters. The standard InChI is InChI=1S/C11H21N5O2/c1-6(2)8(5)18-11-14-9(16-12)13-10(15-11)17-7(3)4/h6-8H,12H2,1-5H3,(H,13,14,15,16). The molecule has 102 valence electrons. The van der Waals surface area contributed by atoms with Gasteiger partial charge in [-0.15, -0.1) is 4.98 Å². The molecule has 1 aromatic heterocycles. The van der Waals surface area contributed by atoms with Crippen LogP contribution in [0.3, 0.4) is 0 Å². The average molecular weight is 255 g/mol. The minimum atomic E-state index is -0.0339. The van der Waals surface area contributed by atoms with Crippen molar-refractivity contribution >= 4 is 5.95 Å². The van der Waals surface area contributed by atoms with Gasteiger partial charge in [-0.05, 0) is 26.7 Å². The van der Waals surface area contributed by atoms with E-state index in [1.54, 1.807) is 0 Å². The summed E-state index contributed by atoms with van der Waals surface area (Å²) in [6.07, 6.45) is -0.0432. The Morgan fingerprint density at radius 2 is 1.50 bits per heavy atom. The highest BCUT2D eigenvalue weighted by Crippen LogP contribution is 2.16. The van der Waals surface area contributed by atoms with E-state index in [4.69, 9.17) is 15.3 Å². The summed E-state index contributed by atoms with van der Waals surface area (Å²) in [5, 5.41) is 0. The van der Waals surface area contributed by atoms with Gasteiger partial charge in [-0.2, -0.15) is 9.97 Å². The second kappa shape index (κ2) is 6.34. The van der Waals surface area contributed by atoms with Gasteiger partial charge in [-0.1, -0.05) is 13.8 Å². The van der Waals surface area contributed by atoms with E-state index < -0.39 is 0 Å². The molecule has 0 aromatic carbocycles. The van der Waals surface area contributed by atoms with E-state index >= 15 is 0 Å². The molecule has 0 saturated heterocycles. The highest BCUT2D eigenvalue weighted by Gasteiger charge is 2.14. The van der Waals surface area contributed by atoms with Crippen LogP contribution < -0.4 is 20.7 Å². The SMILES string of the molecule is CC(C)Oc1nc(NN)nc(OC(C)C(C)C)n1. The number of nitrogen functional groups attached to an aromatic ring is 1. The lowest BCUT2D eigenvalue weighted by Gasteiger charge is -2.17. The van der Waals surface area contributed by atoms with Crippen LogP contribution in [0.2, 0.25) is 0 Å². The Kier molecular flexibility index (Phi) is 5.08. The topological polar surface area (TPSA) is 95.2 Å². The van der Waals surface area contributed by atoms with Crippen LogP contribution in [0.4, 0.5) is 5.95 Å². The monoisotopic (exact) mass is 255 g/mol. The summed E-state index contributed by atoms with van der Waals surface area (Å²) in [4.78, 5) is 12.1. The first-order valence-electron chi connectivity index (χ1n) is 5.98. The minimum absolute atomic E-state index is 0.00933. The second-order valence-electron chi connectivity index (χ2n) is 4.60. The molecule has 1 atom stereocenters. The van der Waals surface area contributed by atoms with Crippen LogP contribution in [0.25, 0.3) is 0 Å². The van der Waals surface area contributed by atoms with Crippen molar-refractivity contribution in [1.29, 1.82) is 0 Å². The Labute approximate surface area is 107 Å². The number of hydrazine groups is 1. The molecule has 0 aliphatic carbocycles. The molecule has 7 nitrogen and oxygen atoms in total. The maximum Gasteiger partial charge on any atom is 0.324 e. The Hall–Kier alpha value is -1.63. The number of nitrogens with one attached hydrogen (secondary N) is 1. The lowest BCUT2D eigenvalue weighted by atomic mass is 10.1. The summed E-state index contributed by atoms with van der Waals surface area (Å²) in [6.45, 7) is 9.83. The number of anilines is 1. The van der Waals surface area contributed by atoms with E-state index in [0.29, 0.717) is 5.92 Å². The Balaban J connectivity index is 2.89. The number of hydrogen-bond donors (Lipinski definition) is 2. The van der Waals surface area contributed by atoms with Crippen molar-refractivity contribution in [2.24, 2.45) is 11.8 Å². The smallest absolute Gasteiger partial charge is 0.324 e. The summed E-state index contributed by atoms with van der Waals surface area (Å²) < 4.78 is 11.0. The summed E-state index contributed by atoms with van der Waals surface area (Å²) in [5.74, 6) is 5.86. The first-order chi connectivity index (χ1) is 8.42. The van der Waals surface area contributed by atoms with Gasteiger partial charge in [0.05, 0.1) is 6.10 Å². The Morgan fingerprint density at radius 1 is 0.944 bits per heavy atom. The minimum Gasteiger partial charge on any atom is -0.461 e. The largest absolute Gasteiger partial charge is 0.461 e. The number of ether oxygens (including phenoxy) is 2. The first-order valence-corrected chi connectivity index (χ1v) is 5.98. The number of nitrogens with two attached hydrogens (primary N) is 1. The molecule has 7 heteroatoms. The first kappa shape index (κ1) is 14.4. The molecule has 1 rings (SSSR count). The molecule has 0 fully saturated rings. The Morgan fingerprint density at radius 3 is 1.94 bits per heavy atom. The molecule has 0 aliphatic heterocycles. The molecule has 0 spiro atoms. The van der Waals surface area contributed by atoms with E-state index in [1.165, 1.54) is 0 Å². The highest BCUT2D eigenvalue weighted by atomic mass is 16.5. The van der Waals surface area contributed by atoms with Crippen LogP contribution in [0.15, 0.2) is 0 Å². The maximum absolute atomic E-state index is 5.60. The fourth-order valence-corrected chi connectivity index (χ4v) is 1.02. The van der Waals surface area contributed by atoms with E-state index in [9.17, 15) is 0 Å². The van der Waals surface area contributed by atoms with E-state index in [-0.39, 0.29) is 30.2 Å². The zero-order chi connectivity index (χ0) is 13.7. The van der Waals surface area contributed by atoms with Gasteiger partial charge in [-0.3, -0.25) is 5.43 Å². The lowest BCUT2D eigenvalue weighted by Crippen LogP contribution is -2.21. The zero-order valence-electron chi connectivity index (χ0n) is 11.5. The third-order valence-electron chi connectivity index (χ3n) is 2.29. The van der Waals surface area contributed by atoms with Crippen LogP contribution in [-0.2, 0) is 0 Å². The Bertz CT molecular complexity index is 384. The predicted octanol–water partition coefficient (Wildman–Crippen LogP) is 1.37. The molecule has 0 radical (unpaired) electrons. The lowest BCUT2D eigenvalue weighted by molar-refractivity contribution is 0.149. The molecule has 0 saturated carbocycles. The second-order valence-corrected chi connectivity index (χ2v) is 4.60. The van der Waals surface area contributed by atoms with Gasteiger partial charge in [0.2, 0.25) is 5.95 Å². The third-order valence-corrected chi connectivity index (χ3v) is 2.29. The average Bonchev–Trinajstić information content (AvgIpc) is 2.27. The van der Waals surface area contributed by atoms with Gasteiger partial charge in [0.1, 0.15) is 6.10 Å². The number of rotatable bonds is 6. The quantitative estimate of drug-likeness (QED) is 0.585. The molecule has 0 aliphatic rings. The van der Waals surface area contributed by atoms with Crippen LogP contribution in [0.1, 0.15) is 34.6 Å². The van der Waals surface area contributed by atoms with Gasteiger partial charge < -0.3 is 9.47 Å². The fraction of sp³-hybridized carbons (Fsp3) is 0.727. The normalized spacial score (nSPS) is 12.7. The number of aromatic nitrogens is 3. The predicted molar refractivity (Wildman–Crippen MR) is 68.3 cm³/mol. The zero-order valence-corrected chi connectivity index (χ0v) is 11.5. The molecule has 18 heavy (non-hydrogen) atoms. The molecule has 0 bridgehead atoms. The fourth-order valence-electron chi connectivity index (χ4n) is 1.02. The van der Waals surface area contributed by atoms with Gasteiger partial charge in [-0.25, -0.2) is 5.84 Å². The van der Waals surface area contributed by atoms with Crippen molar-refractivity contribution in [3.8, 4) is 12.0 Å². The van der Waals surface area contributed by atoms with Gasteiger partial charge >= 0.3 is 12.0 Å². The van der Waals surface area contributed by atoms with Crippen molar-refractivity contribution in [3.63, 3.8) is 0 Å². The highest BCUT2D eigenvalue weighted by molar-refractivity contribution is 5.25. The summed E-state index contributed by atoms with van der Waals surface area (Å²) >= 11 is 0. The molecule has 1 heterocycles. The van der Waals surface area contributed by atoms with Crippen LogP contribution >= 0.6 is 0 Å². The van der Waals surface area contributed by atoms with Crippen LogP contribution in [-0.4, -0.2) is 27.2 Å². The third kappa shape index (κ3) is 4.33. The maximum atomic E-state index is 5.60.